The first-order chi connectivity index (χ1) is 9.23. The first-order valence-corrected chi connectivity index (χ1v) is 7.72. The van der Waals surface area contributed by atoms with Crippen LogP contribution in [-0.4, -0.2) is 16.6 Å². The number of rotatable bonds is 6. The third kappa shape index (κ3) is 8.20. The van der Waals surface area contributed by atoms with Crippen molar-refractivity contribution in [1.82, 2.24) is 0 Å². The van der Waals surface area contributed by atoms with E-state index in [-0.39, 0.29) is 16.6 Å². The van der Waals surface area contributed by atoms with Crippen molar-refractivity contribution in [3.63, 3.8) is 0 Å². The molecule has 3 nitrogen and oxygen atoms in total. The molecule has 6 N–H and O–H groups in total. The van der Waals surface area contributed by atoms with Crippen LogP contribution in [0.2, 0.25) is 0 Å². The predicted molar refractivity (Wildman–Crippen MR) is 92.4 cm³/mol. The zero-order valence-corrected chi connectivity index (χ0v) is 14.6. The van der Waals surface area contributed by atoms with Gasteiger partial charge in [-0.25, -0.2) is 0 Å². The van der Waals surface area contributed by atoms with Crippen LogP contribution in [0.25, 0.3) is 0 Å². The fourth-order valence-electron chi connectivity index (χ4n) is 2.72. The first-order valence-electron chi connectivity index (χ1n) is 7.72. The van der Waals surface area contributed by atoms with Gasteiger partial charge in [-0.1, -0.05) is 18.2 Å². The average molecular weight is 291 g/mol. The molecule has 0 aliphatic heterocycles. The monoisotopic (exact) mass is 291 g/mol. The fraction of sp³-hybridized carbons (Fsp3) is 0.667. The van der Waals surface area contributed by atoms with Crippen LogP contribution in [-0.2, 0) is 19.3 Å². The van der Waals surface area contributed by atoms with Crippen LogP contribution < -0.4 is 17.2 Å². The minimum Gasteiger partial charge on any atom is -0.325 e. The van der Waals surface area contributed by atoms with Gasteiger partial charge < -0.3 is 17.2 Å². The molecule has 0 saturated carbocycles. The lowest BCUT2D eigenvalue weighted by atomic mass is 9.87. The minimum atomic E-state index is -0.216. The molecule has 1 aromatic rings. The second-order valence-corrected chi connectivity index (χ2v) is 8.65. The molecule has 0 unspecified atom stereocenters. The zero-order chi connectivity index (χ0) is 16.5. The number of benzene rings is 1. The van der Waals surface area contributed by atoms with Crippen LogP contribution in [0.1, 0.15) is 58.2 Å². The summed E-state index contributed by atoms with van der Waals surface area (Å²) in [5.41, 5.74) is 21.7. The highest BCUT2D eigenvalue weighted by Crippen LogP contribution is 2.21. The molecule has 0 aliphatic rings. The Morgan fingerprint density at radius 3 is 0.905 bits per heavy atom. The van der Waals surface area contributed by atoms with E-state index in [0.717, 1.165) is 19.3 Å². The highest BCUT2D eigenvalue weighted by molar-refractivity contribution is 5.33. The van der Waals surface area contributed by atoms with Crippen LogP contribution in [0.5, 0.6) is 0 Å². The Bertz CT molecular complexity index is 387. The van der Waals surface area contributed by atoms with E-state index in [0.29, 0.717) is 0 Å². The molecule has 0 atom stereocenters. The quantitative estimate of drug-likeness (QED) is 0.753. The van der Waals surface area contributed by atoms with Crippen LogP contribution in [0, 0.1) is 0 Å². The molecule has 0 radical (unpaired) electrons. The SMILES string of the molecule is CC(C)(N)Cc1cc(CC(C)(C)N)cc(CC(C)(C)N)c1. The van der Waals surface area contributed by atoms with E-state index in [4.69, 9.17) is 17.2 Å². The van der Waals surface area contributed by atoms with Crippen molar-refractivity contribution < 1.29 is 0 Å². The van der Waals surface area contributed by atoms with Crippen molar-refractivity contribution in [2.24, 2.45) is 17.2 Å². The Hall–Kier alpha value is -0.900. The maximum absolute atomic E-state index is 6.17. The number of hydrogen-bond acceptors (Lipinski definition) is 3. The molecule has 0 aromatic heterocycles. The van der Waals surface area contributed by atoms with Crippen LogP contribution in [0.3, 0.4) is 0 Å². The van der Waals surface area contributed by atoms with Gasteiger partial charge in [0.05, 0.1) is 0 Å². The maximum Gasteiger partial charge on any atom is 0.0138 e. The molecule has 0 bridgehead atoms. The summed E-state index contributed by atoms with van der Waals surface area (Å²) in [6.45, 7) is 12.3. The van der Waals surface area contributed by atoms with Gasteiger partial charge in [0.25, 0.3) is 0 Å². The molecule has 0 heterocycles. The van der Waals surface area contributed by atoms with Gasteiger partial charge in [-0.15, -0.1) is 0 Å². The van der Waals surface area contributed by atoms with Gasteiger partial charge in [0, 0.05) is 16.6 Å². The van der Waals surface area contributed by atoms with E-state index in [1.807, 2.05) is 0 Å². The third-order valence-electron chi connectivity index (χ3n) is 3.09. The van der Waals surface area contributed by atoms with Gasteiger partial charge in [0.1, 0.15) is 0 Å². The van der Waals surface area contributed by atoms with Gasteiger partial charge in [0.2, 0.25) is 0 Å². The third-order valence-corrected chi connectivity index (χ3v) is 3.09. The Labute approximate surface area is 130 Å². The topological polar surface area (TPSA) is 78.1 Å². The summed E-state index contributed by atoms with van der Waals surface area (Å²) < 4.78 is 0. The summed E-state index contributed by atoms with van der Waals surface area (Å²) in [6.07, 6.45) is 2.55. The molecule has 1 rings (SSSR count). The Morgan fingerprint density at radius 1 is 0.571 bits per heavy atom. The van der Waals surface area contributed by atoms with Crippen molar-refractivity contribution in [3.8, 4) is 0 Å². The molecular formula is C18H33N3. The summed E-state index contributed by atoms with van der Waals surface area (Å²) >= 11 is 0. The summed E-state index contributed by atoms with van der Waals surface area (Å²) in [5, 5.41) is 0. The second kappa shape index (κ2) is 6.07. The van der Waals surface area contributed by atoms with Gasteiger partial charge in [0.15, 0.2) is 0 Å². The smallest absolute Gasteiger partial charge is 0.0138 e. The summed E-state index contributed by atoms with van der Waals surface area (Å²) in [4.78, 5) is 0. The normalized spacial score (nSPS) is 13.6. The molecule has 0 amide bonds. The van der Waals surface area contributed by atoms with Gasteiger partial charge >= 0.3 is 0 Å². The van der Waals surface area contributed by atoms with Crippen molar-refractivity contribution in [3.05, 3.63) is 34.9 Å². The van der Waals surface area contributed by atoms with Crippen molar-refractivity contribution >= 4 is 0 Å². The van der Waals surface area contributed by atoms with E-state index in [2.05, 4.69) is 59.7 Å². The van der Waals surface area contributed by atoms with Crippen molar-refractivity contribution in [2.45, 2.75) is 77.4 Å². The first kappa shape index (κ1) is 18.1. The van der Waals surface area contributed by atoms with Gasteiger partial charge in [-0.2, -0.15) is 0 Å². The predicted octanol–water partition coefficient (Wildman–Crippen LogP) is 2.53. The summed E-state index contributed by atoms with van der Waals surface area (Å²) in [6, 6.07) is 6.70. The second-order valence-electron chi connectivity index (χ2n) is 8.65. The van der Waals surface area contributed by atoms with E-state index >= 15 is 0 Å². The highest BCUT2D eigenvalue weighted by Gasteiger charge is 2.18. The molecule has 120 valence electrons. The molecule has 0 spiro atoms. The molecule has 0 fully saturated rings. The lowest BCUT2D eigenvalue weighted by Gasteiger charge is -2.24. The molecule has 0 saturated heterocycles. The maximum atomic E-state index is 6.17. The van der Waals surface area contributed by atoms with Crippen LogP contribution >= 0.6 is 0 Å². The number of nitrogens with two attached hydrogens (primary N) is 3. The average Bonchev–Trinajstić information content (AvgIpc) is 2.06. The largest absolute Gasteiger partial charge is 0.325 e. The fourth-order valence-corrected chi connectivity index (χ4v) is 2.72. The van der Waals surface area contributed by atoms with E-state index in [1.54, 1.807) is 0 Å². The van der Waals surface area contributed by atoms with E-state index in [1.165, 1.54) is 16.7 Å². The lowest BCUT2D eigenvalue weighted by Crippen LogP contribution is -2.36. The summed E-state index contributed by atoms with van der Waals surface area (Å²) in [7, 11) is 0. The summed E-state index contributed by atoms with van der Waals surface area (Å²) in [5.74, 6) is 0. The molecule has 21 heavy (non-hydrogen) atoms. The van der Waals surface area contributed by atoms with E-state index < -0.39 is 0 Å². The zero-order valence-electron chi connectivity index (χ0n) is 14.6. The lowest BCUT2D eigenvalue weighted by molar-refractivity contribution is 0.503. The molecular weight excluding hydrogens is 258 g/mol. The standard InChI is InChI=1S/C18H33N3/c1-16(2,19)10-13-7-14(11-17(3,4)20)9-15(8-13)12-18(5,6)21/h7-9H,10-12,19-21H2,1-6H3. The number of hydrogen-bond donors (Lipinski definition) is 3. The molecule has 1 aromatic carbocycles. The Kier molecular flexibility index (Phi) is 5.25. The molecule has 0 aliphatic carbocycles. The van der Waals surface area contributed by atoms with Crippen molar-refractivity contribution in [1.29, 1.82) is 0 Å². The Balaban J connectivity index is 3.13. The van der Waals surface area contributed by atoms with Crippen LogP contribution in [0.4, 0.5) is 0 Å². The van der Waals surface area contributed by atoms with Gasteiger partial charge in [-0.05, 0) is 77.5 Å². The minimum absolute atomic E-state index is 0.216. The van der Waals surface area contributed by atoms with Crippen molar-refractivity contribution in [2.75, 3.05) is 0 Å². The van der Waals surface area contributed by atoms with E-state index in [9.17, 15) is 0 Å². The highest BCUT2D eigenvalue weighted by atomic mass is 14.7. The van der Waals surface area contributed by atoms with Crippen LogP contribution in [0.15, 0.2) is 18.2 Å². The Morgan fingerprint density at radius 2 is 0.762 bits per heavy atom. The molecule has 3 heteroatoms. The van der Waals surface area contributed by atoms with Gasteiger partial charge in [-0.3, -0.25) is 0 Å².